The van der Waals surface area contributed by atoms with Gasteiger partial charge in [0, 0.05) is 40.5 Å². The van der Waals surface area contributed by atoms with Crippen molar-refractivity contribution in [1.82, 2.24) is 9.80 Å². The number of carbonyl (C=O) groups is 2. The van der Waals surface area contributed by atoms with E-state index in [1.807, 2.05) is 24.0 Å². The van der Waals surface area contributed by atoms with Crippen molar-refractivity contribution in [1.29, 1.82) is 0 Å². The Kier molecular flexibility index (Phi) is 4.60. The summed E-state index contributed by atoms with van der Waals surface area (Å²) in [4.78, 5) is 35.5. The molecule has 0 bridgehead atoms. The van der Waals surface area contributed by atoms with E-state index in [4.69, 9.17) is 4.99 Å². The monoisotopic (exact) mass is 501 g/mol. The third kappa shape index (κ3) is 3.43. The molecule has 2 aromatic carbocycles. The van der Waals surface area contributed by atoms with Crippen molar-refractivity contribution < 1.29 is 14.0 Å². The molecule has 2 aliphatic heterocycles. The minimum atomic E-state index is -0.691. The van der Waals surface area contributed by atoms with Crippen molar-refractivity contribution in [3.63, 3.8) is 0 Å². The largest absolute Gasteiger partial charge is 0.341 e. The second-order valence-corrected chi connectivity index (χ2v) is 12.6. The van der Waals surface area contributed by atoms with Crippen LogP contribution < -0.4 is 0 Å². The fourth-order valence-electron chi connectivity index (χ4n) is 5.60. The van der Waals surface area contributed by atoms with E-state index in [0.29, 0.717) is 31.0 Å². The zero-order valence-electron chi connectivity index (χ0n) is 20.5. The number of benzene rings is 2. The number of hydrogen-bond acceptors (Lipinski definition) is 4. The minimum Gasteiger partial charge on any atom is -0.341 e. The zero-order valence-corrected chi connectivity index (χ0v) is 21.3. The molecule has 7 rings (SSSR count). The van der Waals surface area contributed by atoms with E-state index >= 15 is 4.39 Å². The Morgan fingerprint density at radius 1 is 1.08 bits per heavy atom. The number of aliphatic imine (C=N–C) groups is 1. The number of nitrogens with zero attached hydrogens (tertiary/aromatic N) is 3. The van der Waals surface area contributed by atoms with E-state index in [-0.39, 0.29) is 29.0 Å². The zero-order chi connectivity index (χ0) is 24.8. The number of hydrogen-bond donors (Lipinski definition) is 0. The van der Waals surface area contributed by atoms with Crippen LogP contribution in [0, 0.1) is 24.1 Å². The molecule has 0 N–H and O–H groups in total. The van der Waals surface area contributed by atoms with Gasteiger partial charge in [0.2, 0.25) is 5.91 Å². The predicted molar refractivity (Wildman–Crippen MR) is 140 cm³/mol. The van der Waals surface area contributed by atoms with E-state index in [1.54, 1.807) is 28.4 Å². The second kappa shape index (κ2) is 7.48. The van der Waals surface area contributed by atoms with Crippen LogP contribution in [0.4, 0.5) is 4.39 Å². The first-order valence-electron chi connectivity index (χ1n) is 12.8. The molecule has 1 spiro atoms. The van der Waals surface area contributed by atoms with Gasteiger partial charge in [-0.05, 0) is 79.5 Å². The minimum absolute atomic E-state index is 0.0156. The molecule has 184 valence electrons. The fraction of sp³-hybridized carbons (Fsp3) is 0.414. The predicted octanol–water partition coefficient (Wildman–Crippen LogP) is 5.40. The Morgan fingerprint density at radius 3 is 2.50 bits per heavy atom. The first-order chi connectivity index (χ1) is 17.2. The molecular weight excluding hydrogens is 473 g/mol. The van der Waals surface area contributed by atoms with Gasteiger partial charge in [-0.2, -0.15) is 0 Å². The number of rotatable bonds is 5. The van der Waals surface area contributed by atoms with E-state index in [1.165, 1.54) is 9.58 Å². The molecule has 36 heavy (non-hydrogen) atoms. The summed E-state index contributed by atoms with van der Waals surface area (Å²) in [6.45, 7) is 5.91. The molecular formula is C29H28FN3O2S. The van der Waals surface area contributed by atoms with Gasteiger partial charge in [-0.3, -0.25) is 19.5 Å². The number of halogens is 1. The molecule has 2 amide bonds. The maximum absolute atomic E-state index is 15.5. The molecule has 2 aliphatic carbocycles. The van der Waals surface area contributed by atoms with Gasteiger partial charge in [0.15, 0.2) is 0 Å². The lowest BCUT2D eigenvalue weighted by molar-refractivity contribution is -0.143. The number of likely N-dealkylation sites (tertiary alicyclic amines) is 1. The number of fused-ring (bicyclic) bond motifs is 1. The van der Waals surface area contributed by atoms with Crippen molar-refractivity contribution in [2.75, 3.05) is 19.6 Å². The van der Waals surface area contributed by atoms with Gasteiger partial charge < -0.3 is 4.90 Å². The summed E-state index contributed by atoms with van der Waals surface area (Å²) >= 11 is 1.75. The summed E-state index contributed by atoms with van der Waals surface area (Å²) in [5, 5.41) is 1.16. The Morgan fingerprint density at radius 2 is 1.81 bits per heavy atom. The summed E-state index contributed by atoms with van der Waals surface area (Å²) in [7, 11) is 0. The van der Waals surface area contributed by atoms with Crippen LogP contribution in [0.15, 0.2) is 47.5 Å². The second-order valence-electron chi connectivity index (χ2n) is 11.3. The van der Waals surface area contributed by atoms with Crippen LogP contribution in [-0.4, -0.2) is 52.6 Å². The summed E-state index contributed by atoms with van der Waals surface area (Å²) in [5.41, 5.74) is 1.29. The molecule has 3 aromatic rings. The normalized spacial score (nSPS) is 21.8. The maximum Gasteiger partial charge on any atom is 0.256 e. The highest BCUT2D eigenvalue weighted by Crippen LogP contribution is 2.48. The van der Waals surface area contributed by atoms with Crippen LogP contribution in [0.3, 0.4) is 0 Å². The molecule has 3 fully saturated rings. The van der Waals surface area contributed by atoms with Gasteiger partial charge in [0.25, 0.3) is 5.91 Å². The number of amidine groups is 1. The molecule has 0 unspecified atom stereocenters. The molecule has 0 radical (unpaired) electrons. The highest BCUT2D eigenvalue weighted by atomic mass is 32.1. The quantitative estimate of drug-likeness (QED) is 0.470. The first-order valence-corrected chi connectivity index (χ1v) is 13.6. The lowest BCUT2D eigenvalue weighted by Crippen LogP contribution is -2.56. The topological polar surface area (TPSA) is 53.0 Å². The third-order valence-corrected chi connectivity index (χ3v) is 9.36. The number of thiophene rings is 1. The standard InChI is InChI=1S/C29H28FN3O2S/c1-17-11-21-12-19(4-6-24(21)36-17)20-3-5-22(23(30)13-20)25-31-29(9-10-29)27(35)33(25)16-18-14-32(15-18)26(34)28(2)7-8-28/h3-6,11-13,18H,7-10,14-16H2,1-2H3. The van der Waals surface area contributed by atoms with Gasteiger partial charge in [-0.1, -0.05) is 19.1 Å². The van der Waals surface area contributed by atoms with E-state index in [9.17, 15) is 9.59 Å². The van der Waals surface area contributed by atoms with Gasteiger partial charge >= 0.3 is 0 Å². The van der Waals surface area contributed by atoms with Crippen LogP contribution in [-0.2, 0) is 9.59 Å². The van der Waals surface area contributed by atoms with Crippen molar-refractivity contribution >= 4 is 39.1 Å². The molecule has 0 atom stereocenters. The van der Waals surface area contributed by atoms with Crippen LogP contribution >= 0.6 is 11.3 Å². The smallest absolute Gasteiger partial charge is 0.256 e. The SMILES string of the molecule is Cc1cc2cc(-c3ccc(C4=NC5(CC5)C(=O)N4CC4CN(C(=O)C5(C)CC5)C4)c(F)c3)ccc2s1. The Hall–Kier alpha value is -3.06. The van der Waals surface area contributed by atoms with Crippen LogP contribution in [0.5, 0.6) is 0 Å². The van der Waals surface area contributed by atoms with E-state index in [2.05, 4.69) is 25.1 Å². The number of amides is 2. The summed E-state index contributed by atoms with van der Waals surface area (Å²) in [6.07, 6.45) is 3.37. The fourth-order valence-corrected chi connectivity index (χ4v) is 6.51. The Labute approximate surface area is 213 Å². The van der Waals surface area contributed by atoms with Crippen molar-refractivity contribution in [3.8, 4) is 11.1 Å². The third-order valence-electron chi connectivity index (χ3n) is 8.33. The van der Waals surface area contributed by atoms with Gasteiger partial charge in [0.1, 0.15) is 17.2 Å². The molecule has 1 saturated heterocycles. The Bertz CT molecular complexity index is 1480. The highest BCUT2D eigenvalue weighted by molar-refractivity contribution is 7.19. The maximum atomic E-state index is 15.5. The highest BCUT2D eigenvalue weighted by Gasteiger charge is 2.58. The summed E-state index contributed by atoms with van der Waals surface area (Å²) < 4.78 is 16.8. The molecule has 3 heterocycles. The van der Waals surface area contributed by atoms with Crippen LogP contribution in [0.1, 0.15) is 43.0 Å². The van der Waals surface area contributed by atoms with Crippen LogP contribution in [0.2, 0.25) is 0 Å². The van der Waals surface area contributed by atoms with E-state index < -0.39 is 5.54 Å². The average molecular weight is 502 g/mol. The first kappa shape index (κ1) is 22.2. The summed E-state index contributed by atoms with van der Waals surface area (Å²) in [5.74, 6) is 0.497. The van der Waals surface area contributed by atoms with Crippen molar-refractivity contribution in [3.05, 3.63) is 58.7 Å². The van der Waals surface area contributed by atoms with Gasteiger partial charge in [0.05, 0.1) is 5.56 Å². The van der Waals surface area contributed by atoms with Crippen molar-refractivity contribution in [2.45, 2.75) is 45.1 Å². The van der Waals surface area contributed by atoms with Crippen molar-refractivity contribution in [2.24, 2.45) is 16.3 Å². The Balaban J connectivity index is 1.13. The van der Waals surface area contributed by atoms with Crippen LogP contribution in [0.25, 0.3) is 21.2 Å². The number of aryl methyl sites for hydroxylation is 1. The molecule has 1 aromatic heterocycles. The molecule has 4 aliphatic rings. The molecule has 7 heteroatoms. The molecule has 5 nitrogen and oxygen atoms in total. The van der Waals surface area contributed by atoms with Gasteiger partial charge in [-0.15, -0.1) is 11.3 Å². The lowest BCUT2D eigenvalue weighted by Gasteiger charge is -2.42. The lowest BCUT2D eigenvalue weighted by atomic mass is 9.95. The summed E-state index contributed by atoms with van der Waals surface area (Å²) in [6, 6.07) is 13.6. The number of carbonyl (C=O) groups excluding carboxylic acids is 2. The van der Waals surface area contributed by atoms with Gasteiger partial charge in [-0.25, -0.2) is 4.39 Å². The van der Waals surface area contributed by atoms with E-state index in [0.717, 1.165) is 42.2 Å². The molecule has 2 saturated carbocycles. The average Bonchev–Trinajstić information content (AvgIpc) is 3.72.